The fourth-order valence-corrected chi connectivity index (χ4v) is 1.99. The van der Waals surface area contributed by atoms with Gasteiger partial charge in [-0.1, -0.05) is 30.0 Å². The molecule has 0 saturated carbocycles. The van der Waals surface area contributed by atoms with Crippen LogP contribution in [0.3, 0.4) is 0 Å². The van der Waals surface area contributed by atoms with Gasteiger partial charge in [-0.3, -0.25) is 9.59 Å². The van der Waals surface area contributed by atoms with Gasteiger partial charge in [-0.15, -0.1) is 0 Å². The van der Waals surface area contributed by atoms with Gasteiger partial charge in [-0.05, 0) is 26.0 Å². The van der Waals surface area contributed by atoms with Crippen molar-refractivity contribution in [2.75, 3.05) is 0 Å². The highest BCUT2D eigenvalue weighted by Crippen LogP contribution is 2.33. The lowest BCUT2D eigenvalue weighted by atomic mass is 10.1. The summed E-state index contributed by atoms with van der Waals surface area (Å²) in [5.41, 5.74) is 0. The smallest absolute Gasteiger partial charge is 0.327 e. The summed E-state index contributed by atoms with van der Waals surface area (Å²) in [5.74, 6) is -1.47. The van der Waals surface area contributed by atoms with Gasteiger partial charge in [-0.2, -0.15) is 0 Å². The van der Waals surface area contributed by atoms with E-state index in [9.17, 15) is 9.59 Å². The number of carbonyl (C=O) groups excluding carboxylic acids is 1. The van der Waals surface area contributed by atoms with Gasteiger partial charge >= 0.3 is 5.97 Å². The second kappa shape index (κ2) is 4.49. The summed E-state index contributed by atoms with van der Waals surface area (Å²) >= 11 is 1.06. The first kappa shape index (κ1) is 11.8. The van der Waals surface area contributed by atoms with Crippen LogP contribution >= 0.6 is 11.8 Å². The van der Waals surface area contributed by atoms with Crippen molar-refractivity contribution in [2.24, 2.45) is 0 Å². The fourth-order valence-electron chi connectivity index (χ4n) is 0.990. The number of thioether (sulfide) groups is 1. The number of benzene rings is 1. The number of carboxylic acids is 1. The molecule has 0 amide bonds. The van der Waals surface area contributed by atoms with Gasteiger partial charge in [0.05, 0.1) is 0 Å². The molecule has 0 bridgehead atoms. The van der Waals surface area contributed by atoms with Gasteiger partial charge in [0.25, 0.3) is 0 Å². The summed E-state index contributed by atoms with van der Waals surface area (Å²) < 4.78 is -1.40. The molecule has 0 aliphatic carbocycles. The van der Waals surface area contributed by atoms with Crippen LogP contribution in [-0.4, -0.2) is 21.6 Å². The van der Waals surface area contributed by atoms with E-state index in [4.69, 9.17) is 5.11 Å². The van der Waals surface area contributed by atoms with E-state index < -0.39 is 10.7 Å². The maximum atomic E-state index is 11.3. The van der Waals surface area contributed by atoms with E-state index in [0.29, 0.717) is 0 Å². The summed E-state index contributed by atoms with van der Waals surface area (Å²) in [6.07, 6.45) is 0. The van der Waals surface area contributed by atoms with Crippen molar-refractivity contribution < 1.29 is 14.7 Å². The minimum absolute atomic E-state index is 0.358. The van der Waals surface area contributed by atoms with Crippen molar-refractivity contribution >= 4 is 23.5 Å². The first-order chi connectivity index (χ1) is 6.97. The maximum Gasteiger partial charge on any atom is 0.327 e. The Labute approximate surface area is 92.5 Å². The Morgan fingerprint density at radius 1 is 1.27 bits per heavy atom. The van der Waals surface area contributed by atoms with Crippen LogP contribution in [0, 0.1) is 0 Å². The molecule has 15 heavy (non-hydrogen) atoms. The Kier molecular flexibility index (Phi) is 3.52. The first-order valence-electron chi connectivity index (χ1n) is 4.45. The molecule has 80 valence electrons. The Morgan fingerprint density at radius 2 is 1.80 bits per heavy atom. The van der Waals surface area contributed by atoms with Crippen LogP contribution in [0.5, 0.6) is 0 Å². The number of rotatable bonds is 4. The number of aliphatic carboxylic acids is 1. The van der Waals surface area contributed by atoms with E-state index in [2.05, 4.69) is 0 Å². The molecule has 1 unspecified atom stereocenters. The molecule has 1 N–H and O–H groups in total. The summed E-state index contributed by atoms with van der Waals surface area (Å²) in [4.78, 5) is 23.1. The van der Waals surface area contributed by atoms with E-state index in [1.54, 1.807) is 12.1 Å². The highest BCUT2D eigenvalue weighted by Gasteiger charge is 2.39. The first-order valence-corrected chi connectivity index (χ1v) is 5.27. The Morgan fingerprint density at radius 3 is 2.20 bits per heavy atom. The highest BCUT2D eigenvalue weighted by atomic mass is 32.2. The van der Waals surface area contributed by atoms with Crippen molar-refractivity contribution in [3.05, 3.63) is 30.3 Å². The minimum atomic E-state index is -1.40. The van der Waals surface area contributed by atoms with E-state index in [0.717, 1.165) is 16.7 Å². The summed E-state index contributed by atoms with van der Waals surface area (Å²) in [6.45, 7) is 2.72. The molecule has 0 saturated heterocycles. The zero-order chi connectivity index (χ0) is 11.5. The molecule has 1 atom stereocenters. The minimum Gasteiger partial charge on any atom is -0.480 e. The average Bonchev–Trinajstić information content (AvgIpc) is 2.18. The van der Waals surface area contributed by atoms with Crippen molar-refractivity contribution in [1.82, 2.24) is 0 Å². The molecule has 0 aliphatic rings. The van der Waals surface area contributed by atoms with Gasteiger partial charge in [-0.25, -0.2) is 0 Å². The monoisotopic (exact) mass is 224 g/mol. The molecule has 0 aliphatic heterocycles. The van der Waals surface area contributed by atoms with E-state index in [1.165, 1.54) is 13.8 Å². The lowest BCUT2D eigenvalue weighted by Crippen LogP contribution is -2.38. The molecule has 0 spiro atoms. The largest absolute Gasteiger partial charge is 0.480 e. The maximum absolute atomic E-state index is 11.3. The van der Waals surface area contributed by atoms with Crippen LogP contribution in [0.4, 0.5) is 0 Å². The van der Waals surface area contributed by atoms with Crippen LogP contribution in [-0.2, 0) is 9.59 Å². The summed E-state index contributed by atoms with van der Waals surface area (Å²) in [6, 6.07) is 9.04. The van der Waals surface area contributed by atoms with Crippen LogP contribution in [0.25, 0.3) is 0 Å². The van der Waals surface area contributed by atoms with E-state index >= 15 is 0 Å². The van der Waals surface area contributed by atoms with Crippen molar-refractivity contribution in [1.29, 1.82) is 0 Å². The predicted octanol–water partition coefficient (Wildman–Crippen LogP) is 2.21. The third kappa shape index (κ3) is 2.59. The third-order valence-electron chi connectivity index (χ3n) is 2.15. The van der Waals surface area contributed by atoms with Gasteiger partial charge in [0.15, 0.2) is 10.5 Å². The summed E-state index contributed by atoms with van der Waals surface area (Å²) in [7, 11) is 0. The molecule has 0 fully saturated rings. The van der Waals surface area contributed by atoms with Crippen LogP contribution < -0.4 is 0 Å². The van der Waals surface area contributed by atoms with Gasteiger partial charge < -0.3 is 5.11 Å². The fraction of sp³-hybridized carbons (Fsp3) is 0.273. The lowest BCUT2D eigenvalue weighted by molar-refractivity contribution is -0.142. The molecule has 1 rings (SSSR count). The number of ketones is 1. The third-order valence-corrected chi connectivity index (χ3v) is 3.52. The lowest BCUT2D eigenvalue weighted by Gasteiger charge is -2.20. The number of carbonyl (C=O) groups is 2. The molecule has 0 aromatic heterocycles. The second-order valence-corrected chi connectivity index (χ2v) is 4.80. The molecule has 0 radical (unpaired) electrons. The van der Waals surface area contributed by atoms with Gasteiger partial charge in [0, 0.05) is 4.90 Å². The molecule has 3 nitrogen and oxygen atoms in total. The zero-order valence-corrected chi connectivity index (χ0v) is 9.38. The molecule has 1 aromatic rings. The SMILES string of the molecule is CC(=O)C(C)(Sc1ccccc1)C(=O)O. The number of carboxylic acid groups (broad SMARTS) is 1. The van der Waals surface area contributed by atoms with Gasteiger partial charge in [0.1, 0.15) is 0 Å². The van der Waals surface area contributed by atoms with Crippen molar-refractivity contribution in [3.63, 3.8) is 0 Å². The van der Waals surface area contributed by atoms with E-state index in [-0.39, 0.29) is 5.78 Å². The quantitative estimate of drug-likeness (QED) is 0.629. The normalized spacial score (nSPS) is 14.3. The van der Waals surface area contributed by atoms with Crippen LogP contribution in [0.2, 0.25) is 0 Å². The van der Waals surface area contributed by atoms with Crippen LogP contribution in [0.1, 0.15) is 13.8 Å². The zero-order valence-electron chi connectivity index (χ0n) is 8.56. The van der Waals surface area contributed by atoms with Crippen molar-refractivity contribution in [3.8, 4) is 0 Å². The highest BCUT2D eigenvalue weighted by molar-refractivity contribution is 8.02. The number of hydrogen-bond acceptors (Lipinski definition) is 3. The molecule has 0 heterocycles. The van der Waals surface area contributed by atoms with E-state index in [1.807, 2.05) is 18.2 Å². The standard InChI is InChI=1S/C11H12O3S/c1-8(12)11(2,10(13)14)15-9-6-4-3-5-7-9/h3-7H,1-2H3,(H,13,14). The molecule has 4 heteroatoms. The number of hydrogen-bond donors (Lipinski definition) is 1. The average molecular weight is 224 g/mol. The molecular formula is C11H12O3S. The topological polar surface area (TPSA) is 54.4 Å². The molecular weight excluding hydrogens is 212 g/mol. The summed E-state index contributed by atoms with van der Waals surface area (Å²) in [5, 5.41) is 9.02. The predicted molar refractivity (Wildman–Crippen MR) is 59.0 cm³/mol. The number of Topliss-reactive ketones (excluding diaryl/α,β-unsaturated/α-hetero) is 1. The van der Waals surface area contributed by atoms with Crippen molar-refractivity contribution in [2.45, 2.75) is 23.5 Å². The van der Waals surface area contributed by atoms with Crippen LogP contribution in [0.15, 0.2) is 35.2 Å². The molecule has 1 aromatic carbocycles. The van der Waals surface area contributed by atoms with Gasteiger partial charge in [0.2, 0.25) is 0 Å². The Balaban J connectivity index is 2.95. The Bertz CT molecular complexity index is 359. The second-order valence-electron chi connectivity index (χ2n) is 3.31. The Hall–Kier alpha value is -1.29.